The van der Waals surface area contributed by atoms with Crippen LogP contribution >= 0.6 is 0 Å². The highest BCUT2D eigenvalue weighted by Gasteiger charge is 2.15. The first kappa shape index (κ1) is 19.5. The standard InChI is InChI=1S/C23H24N2O3/c1-28-22(26)20-10-6-8-18(16-20)12-13-19-9-7-11-21(17-19)24-23(27)25-14-4-2-3-5-15-25/h6-11,16-17H,2-5,14-15H2,1H3,(H,24,27). The van der Waals surface area contributed by atoms with Crippen molar-refractivity contribution < 1.29 is 14.3 Å². The van der Waals surface area contributed by atoms with Gasteiger partial charge in [-0.15, -0.1) is 0 Å². The monoisotopic (exact) mass is 376 g/mol. The number of carbonyl (C=O) groups is 2. The van der Waals surface area contributed by atoms with Gasteiger partial charge < -0.3 is 15.0 Å². The third-order valence-corrected chi connectivity index (χ3v) is 4.64. The van der Waals surface area contributed by atoms with E-state index in [-0.39, 0.29) is 12.0 Å². The molecule has 3 rings (SSSR count). The van der Waals surface area contributed by atoms with E-state index in [1.54, 1.807) is 18.2 Å². The van der Waals surface area contributed by atoms with E-state index >= 15 is 0 Å². The minimum Gasteiger partial charge on any atom is -0.465 e. The van der Waals surface area contributed by atoms with E-state index in [4.69, 9.17) is 4.74 Å². The Morgan fingerprint density at radius 3 is 2.25 bits per heavy atom. The van der Waals surface area contributed by atoms with Crippen molar-refractivity contribution in [1.82, 2.24) is 4.90 Å². The molecule has 5 nitrogen and oxygen atoms in total. The highest BCUT2D eigenvalue weighted by Crippen LogP contribution is 2.14. The van der Waals surface area contributed by atoms with Gasteiger partial charge >= 0.3 is 12.0 Å². The maximum Gasteiger partial charge on any atom is 0.337 e. The van der Waals surface area contributed by atoms with Gasteiger partial charge in [0.1, 0.15) is 0 Å². The van der Waals surface area contributed by atoms with Crippen molar-refractivity contribution in [3.8, 4) is 11.8 Å². The number of likely N-dealkylation sites (tertiary alicyclic amines) is 1. The number of methoxy groups -OCH3 is 1. The molecule has 1 heterocycles. The number of amides is 2. The molecule has 0 atom stereocenters. The summed E-state index contributed by atoms with van der Waals surface area (Å²) in [7, 11) is 1.35. The molecule has 0 bridgehead atoms. The number of hydrogen-bond donors (Lipinski definition) is 1. The third kappa shape index (κ3) is 5.37. The lowest BCUT2D eigenvalue weighted by atomic mass is 10.1. The van der Waals surface area contributed by atoms with Crippen molar-refractivity contribution in [2.24, 2.45) is 0 Å². The Morgan fingerprint density at radius 2 is 1.57 bits per heavy atom. The van der Waals surface area contributed by atoms with E-state index in [1.807, 2.05) is 35.2 Å². The highest BCUT2D eigenvalue weighted by molar-refractivity contribution is 5.90. The minimum atomic E-state index is -0.387. The molecule has 144 valence electrons. The molecular weight excluding hydrogens is 352 g/mol. The summed E-state index contributed by atoms with van der Waals surface area (Å²) in [6.07, 6.45) is 4.49. The summed E-state index contributed by atoms with van der Waals surface area (Å²) in [5.41, 5.74) is 2.70. The number of anilines is 1. The van der Waals surface area contributed by atoms with Gasteiger partial charge in [-0.25, -0.2) is 9.59 Å². The van der Waals surface area contributed by atoms with Crippen LogP contribution in [0, 0.1) is 11.8 Å². The second kappa shape index (κ2) is 9.61. The van der Waals surface area contributed by atoms with Crippen LogP contribution in [0.4, 0.5) is 10.5 Å². The molecule has 2 aromatic carbocycles. The molecule has 0 spiro atoms. The largest absolute Gasteiger partial charge is 0.465 e. The first-order valence-electron chi connectivity index (χ1n) is 9.52. The van der Waals surface area contributed by atoms with Crippen molar-refractivity contribution in [2.45, 2.75) is 25.7 Å². The fraction of sp³-hybridized carbons (Fsp3) is 0.304. The summed E-state index contributed by atoms with van der Waals surface area (Å²) < 4.78 is 4.73. The van der Waals surface area contributed by atoms with Gasteiger partial charge in [-0.3, -0.25) is 0 Å². The van der Waals surface area contributed by atoms with Crippen LogP contribution < -0.4 is 5.32 Å². The predicted octanol–water partition coefficient (Wildman–Crippen LogP) is 4.28. The zero-order valence-electron chi connectivity index (χ0n) is 16.0. The van der Waals surface area contributed by atoms with E-state index in [0.29, 0.717) is 5.56 Å². The Kier molecular flexibility index (Phi) is 6.69. The summed E-state index contributed by atoms with van der Waals surface area (Å²) in [6.45, 7) is 1.61. The van der Waals surface area contributed by atoms with E-state index in [2.05, 4.69) is 17.2 Å². The lowest BCUT2D eigenvalue weighted by molar-refractivity contribution is 0.0600. The fourth-order valence-corrected chi connectivity index (χ4v) is 3.14. The smallest absolute Gasteiger partial charge is 0.337 e. The van der Waals surface area contributed by atoms with Crippen LogP contribution in [0.2, 0.25) is 0 Å². The Bertz CT molecular complexity index is 903. The molecule has 0 aromatic heterocycles. The maximum atomic E-state index is 12.5. The second-order valence-corrected chi connectivity index (χ2v) is 6.73. The molecule has 0 unspecified atom stereocenters. The number of urea groups is 1. The molecule has 0 saturated carbocycles. The first-order valence-corrected chi connectivity index (χ1v) is 9.52. The minimum absolute atomic E-state index is 0.0576. The van der Waals surface area contributed by atoms with Gasteiger partial charge in [-0.1, -0.05) is 36.8 Å². The van der Waals surface area contributed by atoms with Gasteiger partial charge in [-0.2, -0.15) is 0 Å². The van der Waals surface area contributed by atoms with Crippen molar-refractivity contribution in [1.29, 1.82) is 0 Å². The Labute approximate surface area is 165 Å². The van der Waals surface area contributed by atoms with E-state index in [9.17, 15) is 9.59 Å². The summed E-state index contributed by atoms with van der Waals surface area (Å²) in [5, 5.41) is 2.97. The average molecular weight is 376 g/mol. The lowest BCUT2D eigenvalue weighted by Gasteiger charge is -2.20. The van der Waals surface area contributed by atoms with Gasteiger partial charge in [0, 0.05) is 29.9 Å². The van der Waals surface area contributed by atoms with Gasteiger partial charge in [0.2, 0.25) is 0 Å². The quantitative estimate of drug-likeness (QED) is 0.629. The number of nitrogens with zero attached hydrogens (tertiary/aromatic N) is 1. The molecule has 1 saturated heterocycles. The molecule has 5 heteroatoms. The molecule has 1 aliphatic rings. The van der Waals surface area contributed by atoms with Crippen molar-refractivity contribution in [3.05, 3.63) is 65.2 Å². The van der Waals surface area contributed by atoms with Gasteiger partial charge in [0.05, 0.1) is 12.7 Å². The molecule has 2 amide bonds. The summed E-state index contributed by atoms with van der Waals surface area (Å²) in [5.74, 6) is 5.75. The number of nitrogens with one attached hydrogen (secondary N) is 1. The lowest BCUT2D eigenvalue weighted by Crippen LogP contribution is -2.35. The maximum absolute atomic E-state index is 12.5. The normalized spacial score (nSPS) is 13.7. The number of ether oxygens (including phenoxy) is 1. The molecule has 1 N–H and O–H groups in total. The third-order valence-electron chi connectivity index (χ3n) is 4.64. The van der Waals surface area contributed by atoms with Crippen molar-refractivity contribution in [2.75, 3.05) is 25.5 Å². The molecule has 1 fully saturated rings. The highest BCUT2D eigenvalue weighted by atomic mass is 16.5. The zero-order chi connectivity index (χ0) is 19.8. The molecular formula is C23H24N2O3. The van der Waals surface area contributed by atoms with Crippen LogP contribution in [-0.4, -0.2) is 37.1 Å². The van der Waals surface area contributed by atoms with Gasteiger partial charge in [0.25, 0.3) is 0 Å². The van der Waals surface area contributed by atoms with Crippen LogP contribution in [0.3, 0.4) is 0 Å². The Hall–Kier alpha value is -3.26. The van der Waals surface area contributed by atoms with Crippen molar-refractivity contribution >= 4 is 17.7 Å². The van der Waals surface area contributed by atoms with Gasteiger partial charge in [-0.05, 0) is 49.2 Å². The Morgan fingerprint density at radius 1 is 0.929 bits per heavy atom. The van der Waals surface area contributed by atoms with Crippen LogP contribution in [0.15, 0.2) is 48.5 Å². The fourth-order valence-electron chi connectivity index (χ4n) is 3.14. The SMILES string of the molecule is COC(=O)c1cccc(C#Cc2cccc(NC(=O)N3CCCCCC3)c2)c1. The van der Waals surface area contributed by atoms with Gasteiger partial charge in [0.15, 0.2) is 0 Å². The Balaban J connectivity index is 1.69. The van der Waals surface area contributed by atoms with Crippen LogP contribution in [0.25, 0.3) is 0 Å². The molecule has 0 aliphatic carbocycles. The topological polar surface area (TPSA) is 58.6 Å². The van der Waals surface area contributed by atoms with Crippen LogP contribution in [0.1, 0.15) is 47.2 Å². The van der Waals surface area contributed by atoms with E-state index < -0.39 is 0 Å². The number of esters is 1. The second-order valence-electron chi connectivity index (χ2n) is 6.73. The summed E-state index contributed by atoms with van der Waals surface area (Å²) in [6, 6.07) is 14.4. The van der Waals surface area contributed by atoms with Crippen LogP contribution in [0.5, 0.6) is 0 Å². The summed E-state index contributed by atoms with van der Waals surface area (Å²) >= 11 is 0. The molecule has 28 heavy (non-hydrogen) atoms. The number of hydrogen-bond acceptors (Lipinski definition) is 3. The molecule has 1 aliphatic heterocycles. The average Bonchev–Trinajstić information content (AvgIpc) is 3.02. The number of benzene rings is 2. The zero-order valence-corrected chi connectivity index (χ0v) is 16.0. The predicted molar refractivity (Wildman–Crippen MR) is 109 cm³/mol. The molecule has 0 radical (unpaired) electrons. The molecule has 2 aromatic rings. The van der Waals surface area contributed by atoms with E-state index in [0.717, 1.165) is 42.7 Å². The number of carbonyl (C=O) groups excluding carboxylic acids is 2. The number of rotatable bonds is 2. The van der Waals surface area contributed by atoms with E-state index in [1.165, 1.54) is 20.0 Å². The van der Waals surface area contributed by atoms with Crippen molar-refractivity contribution in [3.63, 3.8) is 0 Å². The first-order chi connectivity index (χ1) is 13.7. The van der Waals surface area contributed by atoms with Crippen LogP contribution in [-0.2, 0) is 4.74 Å². The summed E-state index contributed by atoms with van der Waals surface area (Å²) in [4.78, 5) is 26.0.